The molecule has 3 rings (SSSR count). The lowest BCUT2D eigenvalue weighted by atomic mass is 9.87. The lowest BCUT2D eigenvalue weighted by Crippen LogP contribution is -2.37. The number of rotatable bonds is 6. The third-order valence-electron chi connectivity index (χ3n) is 4.89. The van der Waals surface area contributed by atoms with E-state index in [2.05, 4.69) is 46.8 Å². The minimum Gasteiger partial charge on any atom is -0.361 e. The minimum atomic E-state index is 0.0330. The Morgan fingerprint density at radius 2 is 1.92 bits per heavy atom. The maximum absolute atomic E-state index is 12.6. The summed E-state index contributed by atoms with van der Waals surface area (Å²) in [7, 11) is 0. The molecule has 134 valence electrons. The van der Waals surface area contributed by atoms with Crippen LogP contribution in [0.1, 0.15) is 53.5 Å². The molecule has 1 heterocycles. The lowest BCUT2D eigenvalue weighted by molar-refractivity contribution is 0.0926. The van der Waals surface area contributed by atoms with E-state index in [1.54, 1.807) is 0 Å². The Balaban J connectivity index is 1.51. The van der Waals surface area contributed by atoms with E-state index < -0.39 is 0 Å². The van der Waals surface area contributed by atoms with E-state index >= 15 is 0 Å². The van der Waals surface area contributed by atoms with Crippen LogP contribution in [0.2, 0.25) is 0 Å². The Morgan fingerprint density at radius 3 is 2.64 bits per heavy atom. The first-order valence-electron chi connectivity index (χ1n) is 9.18. The number of thiazole rings is 1. The Morgan fingerprint density at radius 1 is 1.20 bits per heavy atom. The summed E-state index contributed by atoms with van der Waals surface area (Å²) in [6, 6.07) is 10.7. The molecule has 1 aliphatic rings. The number of amides is 1. The van der Waals surface area contributed by atoms with Crippen LogP contribution in [0.25, 0.3) is 0 Å². The third-order valence-corrected chi connectivity index (χ3v) is 6.00. The van der Waals surface area contributed by atoms with Gasteiger partial charge in [0, 0.05) is 12.6 Å². The van der Waals surface area contributed by atoms with Crippen LogP contribution in [0.3, 0.4) is 0 Å². The van der Waals surface area contributed by atoms with Crippen molar-refractivity contribution in [2.45, 2.75) is 52.0 Å². The van der Waals surface area contributed by atoms with Crippen LogP contribution < -0.4 is 10.6 Å². The van der Waals surface area contributed by atoms with E-state index in [1.165, 1.54) is 29.7 Å². The van der Waals surface area contributed by atoms with Gasteiger partial charge in [-0.3, -0.25) is 4.79 Å². The number of hydrogen-bond donors (Lipinski definition) is 2. The van der Waals surface area contributed by atoms with E-state index in [-0.39, 0.29) is 5.91 Å². The topological polar surface area (TPSA) is 54.0 Å². The molecule has 4 nitrogen and oxygen atoms in total. The van der Waals surface area contributed by atoms with Crippen molar-refractivity contribution in [1.82, 2.24) is 10.3 Å². The number of nitrogens with one attached hydrogen (secondary N) is 2. The highest BCUT2D eigenvalue weighted by atomic mass is 32.1. The van der Waals surface area contributed by atoms with Crippen LogP contribution >= 0.6 is 11.3 Å². The molecule has 5 heteroatoms. The summed E-state index contributed by atoms with van der Waals surface area (Å²) in [6.45, 7) is 5.02. The predicted molar refractivity (Wildman–Crippen MR) is 104 cm³/mol. The largest absolute Gasteiger partial charge is 0.361 e. The summed E-state index contributed by atoms with van der Waals surface area (Å²) in [5.41, 5.74) is 2.11. The quantitative estimate of drug-likeness (QED) is 0.805. The molecule has 1 aromatic carbocycles. The molecule has 1 saturated carbocycles. The minimum absolute atomic E-state index is 0.0330. The van der Waals surface area contributed by atoms with Crippen molar-refractivity contribution in [3.05, 3.63) is 46.5 Å². The van der Waals surface area contributed by atoms with Gasteiger partial charge in [0.05, 0.1) is 5.69 Å². The van der Waals surface area contributed by atoms with Crippen LogP contribution in [0.5, 0.6) is 0 Å². The molecule has 25 heavy (non-hydrogen) atoms. The molecule has 0 spiro atoms. The summed E-state index contributed by atoms with van der Waals surface area (Å²) in [5, 5.41) is 7.37. The number of nitrogens with zero attached hydrogens (tertiary/aromatic N) is 1. The van der Waals surface area contributed by atoms with Crippen molar-refractivity contribution in [3.8, 4) is 0 Å². The van der Waals surface area contributed by atoms with Gasteiger partial charge >= 0.3 is 0 Å². The smallest absolute Gasteiger partial charge is 0.263 e. The molecule has 1 amide bonds. The van der Waals surface area contributed by atoms with E-state index in [1.807, 2.05) is 13.0 Å². The summed E-state index contributed by atoms with van der Waals surface area (Å²) in [5.74, 6) is 0.823. The second-order valence-electron chi connectivity index (χ2n) is 7.03. The average Bonchev–Trinajstić information content (AvgIpc) is 2.99. The molecule has 2 N–H and O–H groups in total. The maximum Gasteiger partial charge on any atom is 0.263 e. The zero-order chi connectivity index (χ0) is 17.6. The van der Waals surface area contributed by atoms with E-state index in [0.717, 1.165) is 47.4 Å². The van der Waals surface area contributed by atoms with Crippen LogP contribution in [-0.4, -0.2) is 23.5 Å². The molecule has 1 fully saturated rings. The van der Waals surface area contributed by atoms with E-state index in [4.69, 9.17) is 0 Å². The van der Waals surface area contributed by atoms with E-state index in [9.17, 15) is 4.79 Å². The van der Waals surface area contributed by atoms with Crippen molar-refractivity contribution in [1.29, 1.82) is 0 Å². The standard InChI is InChI=1S/C20H27N3OS/c1-14-8-10-17(11-9-14)23-19(24)18-15(2)22-20(25-18)21-13-12-16-6-4-3-5-7-16/h3-7,14,17H,8-13H2,1-2H3,(H,21,22)(H,23,24). The number of benzene rings is 1. The van der Waals surface area contributed by atoms with Gasteiger partial charge in [-0.1, -0.05) is 48.6 Å². The van der Waals surface area contributed by atoms with Gasteiger partial charge in [0.1, 0.15) is 4.88 Å². The Bertz CT molecular complexity index is 690. The molecular formula is C20H27N3OS. The number of carbonyl (C=O) groups excluding carboxylic acids is 1. The number of aromatic nitrogens is 1. The monoisotopic (exact) mass is 357 g/mol. The van der Waals surface area contributed by atoms with Gasteiger partial charge in [-0.05, 0) is 50.5 Å². The second kappa shape index (κ2) is 8.48. The molecule has 0 bridgehead atoms. The summed E-state index contributed by atoms with van der Waals surface area (Å²) in [6.07, 6.45) is 5.54. The Hall–Kier alpha value is -1.88. The fraction of sp³-hybridized carbons (Fsp3) is 0.500. The van der Waals surface area contributed by atoms with Gasteiger partial charge in [-0.2, -0.15) is 0 Å². The molecule has 2 aromatic rings. The van der Waals surface area contributed by atoms with Crippen molar-refractivity contribution >= 4 is 22.4 Å². The number of hydrogen-bond acceptors (Lipinski definition) is 4. The predicted octanol–water partition coefficient (Wildman–Crippen LogP) is 4.41. The zero-order valence-corrected chi connectivity index (χ0v) is 15.9. The molecule has 0 aliphatic heterocycles. The first-order chi connectivity index (χ1) is 12.1. The molecule has 1 aliphatic carbocycles. The van der Waals surface area contributed by atoms with Crippen molar-refractivity contribution < 1.29 is 4.79 Å². The SMILES string of the molecule is Cc1nc(NCCc2ccccc2)sc1C(=O)NC1CCC(C)CC1. The average molecular weight is 358 g/mol. The summed E-state index contributed by atoms with van der Waals surface area (Å²) < 4.78 is 0. The normalized spacial score (nSPS) is 20.2. The highest BCUT2D eigenvalue weighted by molar-refractivity contribution is 7.17. The Labute approximate surface area is 154 Å². The fourth-order valence-electron chi connectivity index (χ4n) is 3.30. The van der Waals surface area contributed by atoms with Gasteiger partial charge in [0.2, 0.25) is 0 Å². The molecule has 0 unspecified atom stereocenters. The van der Waals surface area contributed by atoms with Gasteiger partial charge < -0.3 is 10.6 Å². The molecule has 1 aromatic heterocycles. The van der Waals surface area contributed by atoms with Gasteiger partial charge in [0.25, 0.3) is 5.91 Å². The number of aryl methyl sites for hydroxylation is 1. The Kier molecular flexibility index (Phi) is 6.08. The zero-order valence-electron chi connectivity index (χ0n) is 15.0. The van der Waals surface area contributed by atoms with Crippen LogP contribution in [0.15, 0.2) is 30.3 Å². The van der Waals surface area contributed by atoms with Crippen LogP contribution in [0, 0.1) is 12.8 Å². The van der Waals surface area contributed by atoms with Crippen molar-refractivity contribution in [2.24, 2.45) is 5.92 Å². The first kappa shape index (κ1) is 17.9. The van der Waals surface area contributed by atoms with Crippen molar-refractivity contribution in [2.75, 3.05) is 11.9 Å². The molecule has 0 saturated heterocycles. The first-order valence-corrected chi connectivity index (χ1v) is 9.99. The molecule has 0 atom stereocenters. The lowest BCUT2D eigenvalue weighted by Gasteiger charge is -2.26. The van der Waals surface area contributed by atoms with Gasteiger partial charge in [-0.25, -0.2) is 4.98 Å². The van der Waals surface area contributed by atoms with Crippen LogP contribution in [-0.2, 0) is 6.42 Å². The second-order valence-corrected chi connectivity index (χ2v) is 8.03. The third kappa shape index (κ3) is 5.05. The number of anilines is 1. The maximum atomic E-state index is 12.6. The summed E-state index contributed by atoms with van der Waals surface area (Å²) in [4.78, 5) is 17.8. The van der Waals surface area contributed by atoms with Crippen molar-refractivity contribution in [3.63, 3.8) is 0 Å². The van der Waals surface area contributed by atoms with Gasteiger partial charge in [0.15, 0.2) is 5.13 Å². The highest BCUT2D eigenvalue weighted by Crippen LogP contribution is 2.26. The van der Waals surface area contributed by atoms with E-state index in [0.29, 0.717) is 6.04 Å². The summed E-state index contributed by atoms with van der Waals surface area (Å²) >= 11 is 1.46. The molecular weight excluding hydrogens is 330 g/mol. The van der Waals surface area contributed by atoms with Crippen LogP contribution in [0.4, 0.5) is 5.13 Å². The van der Waals surface area contributed by atoms with Gasteiger partial charge in [-0.15, -0.1) is 0 Å². The fourth-order valence-corrected chi connectivity index (χ4v) is 4.19. The highest BCUT2D eigenvalue weighted by Gasteiger charge is 2.22. The molecule has 0 radical (unpaired) electrons. The number of carbonyl (C=O) groups is 1.